The van der Waals surface area contributed by atoms with Gasteiger partial charge in [0, 0.05) is 18.2 Å². The van der Waals surface area contributed by atoms with Gasteiger partial charge in [-0.1, -0.05) is 43.3 Å². The fourth-order valence-corrected chi connectivity index (χ4v) is 3.88. The molecule has 0 radical (unpaired) electrons. The van der Waals surface area contributed by atoms with Crippen molar-refractivity contribution in [3.05, 3.63) is 35.4 Å². The van der Waals surface area contributed by atoms with Gasteiger partial charge in [0.05, 0.1) is 0 Å². The number of nitrogens with zero attached hydrogens (tertiary/aromatic N) is 1. The number of hydrogen-bond donors (Lipinski definition) is 1. The Bertz CT molecular complexity index is 472. The summed E-state index contributed by atoms with van der Waals surface area (Å²) in [5.41, 5.74) is 8.05. The van der Waals surface area contributed by atoms with Crippen LogP contribution in [0.1, 0.15) is 43.2 Å². The van der Waals surface area contributed by atoms with Gasteiger partial charge in [0.25, 0.3) is 0 Å². The topological polar surface area (TPSA) is 29.3 Å². The molecule has 2 unspecified atom stereocenters. The maximum absolute atomic E-state index is 5.71. The smallest absolute Gasteiger partial charge is 0.103 e. The van der Waals surface area contributed by atoms with E-state index in [9.17, 15) is 0 Å². The van der Waals surface area contributed by atoms with Gasteiger partial charge in [0.2, 0.25) is 0 Å². The molecule has 3 heteroatoms. The highest BCUT2D eigenvalue weighted by atomic mass is 32.1. The highest BCUT2D eigenvalue weighted by molar-refractivity contribution is 7.80. The first-order chi connectivity index (χ1) is 9.24. The van der Waals surface area contributed by atoms with Crippen molar-refractivity contribution in [3.8, 4) is 0 Å². The van der Waals surface area contributed by atoms with Crippen LogP contribution in [-0.2, 0) is 6.54 Å². The highest BCUT2D eigenvalue weighted by Crippen LogP contribution is 2.36. The van der Waals surface area contributed by atoms with Crippen molar-refractivity contribution < 1.29 is 0 Å². The molecule has 2 N–H and O–H groups in total. The van der Waals surface area contributed by atoms with Crippen LogP contribution >= 0.6 is 12.2 Å². The average Bonchev–Trinajstić information content (AvgIpc) is 2.83. The summed E-state index contributed by atoms with van der Waals surface area (Å²) in [5.74, 6) is 0.951. The molecular formula is C16H22N2S. The lowest BCUT2D eigenvalue weighted by Crippen LogP contribution is -2.34. The molecule has 1 saturated heterocycles. The third-order valence-corrected chi connectivity index (χ3v) is 4.96. The Labute approximate surface area is 121 Å². The monoisotopic (exact) mass is 274 g/mol. The number of fused-ring (bicyclic) bond motifs is 1. The van der Waals surface area contributed by atoms with Gasteiger partial charge in [-0.25, -0.2) is 0 Å². The second-order valence-corrected chi connectivity index (χ2v) is 6.38. The van der Waals surface area contributed by atoms with Crippen molar-refractivity contribution in [2.24, 2.45) is 11.7 Å². The summed E-state index contributed by atoms with van der Waals surface area (Å²) in [5, 5.41) is 0. The van der Waals surface area contributed by atoms with Crippen LogP contribution in [0.25, 0.3) is 0 Å². The van der Waals surface area contributed by atoms with E-state index in [2.05, 4.69) is 23.1 Å². The van der Waals surface area contributed by atoms with Gasteiger partial charge in [0.1, 0.15) is 4.99 Å². The van der Waals surface area contributed by atoms with Crippen molar-refractivity contribution >= 4 is 17.2 Å². The Hall–Kier alpha value is -0.930. The predicted molar refractivity (Wildman–Crippen MR) is 83.1 cm³/mol. The molecular weight excluding hydrogens is 252 g/mol. The minimum Gasteiger partial charge on any atom is -0.389 e. The van der Waals surface area contributed by atoms with Crippen LogP contribution in [0.3, 0.4) is 0 Å². The Morgan fingerprint density at radius 1 is 1.26 bits per heavy atom. The predicted octanol–water partition coefficient (Wildman–Crippen LogP) is 3.09. The number of likely N-dealkylation sites (tertiary alicyclic amines) is 1. The molecule has 2 atom stereocenters. The van der Waals surface area contributed by atoms with Gasteiger partial charge < -0.3 is 5.73 Å². The van der Waals surface area contributed by atoms with Crippen molar-refractivity contribution in [3.63, 3.8) is 0 Å². The molecule has 19 heavy (non-hydrogen) atoms. The lowest BCUT2D eigenvalue weighted by atomic mass is 9.85. The molecule has 0 bridgehead atoms. The Morgan fingerprint density at radius 3 is 2.95 bits per heavy atom. The van der Waals surface area contributed by atoms with Crippen LogP contribution in [0.15, 0.2) is 24.3 Å². The van der Waals surface area contributed by atoms with E-state index >= 15 is 0 Å². The maximum atomic E-state index is 5.71. The van der Waals surface area contributed by atoms with Crippen molar-refractivity contribution in [1.29, 1.82) is 0 Å². The fraction of sp³-hybridized carbons (Fsp3) is 0.562. The molecule has 1 aromatic carbocycles. The Balaban J connectivity index is 1.71. The molecule has 1 aliphatic carbocycles. The van der Waals surface area contributed by atoms with E-state index in [0.717, 1.165) is 24.1 Å². The van der Waals surface area contributed by atoms with Gasteiger partial charge in [-0.15, -0.1) is 0 Å². The lowest BCUT2D eigenvalue weighted by molar-refractivity contribution is 0.176. The zero-order valence-electron chi connectivity index (χ0n) is 11.3. The number of hydrogen-bond acceptors (Lipinski definition) is 2. The summed E-state index contributed by atoms with van der Waals surface area (Å²) in [7, 11) is 0. The third kappa shape index (κ3) is 2.82. The quantitative estimate of drug-likeness (QED) is 0.859. The second kappa shape index (κ2) is 5.59. The molecule has 3 rings (SSSR count). The number of rotatable bonds is 3. The summed E-state index contributed by atoms with van der Waals surface area (Å²) in [6.45, 7) is 2.31. The molecule has 2 aliphatic rings. The van der Waals surface area contributed by atoms with Crippen LogP contribution in [0.2, 0.25) is 0 Å². The summed E-state index contributed by atoms with van der Waals surface area (Å²) >= 11 is 5.06. The molecule has 2 nitrogen and oxygen atoms in total. The average molecular weight is 274 g/mol. The van der Waals surface area contributed by atoms with Crippen LogP contribution < -0.4 is 5.73 Å². The SMILES string of the molecule is NC(=S)c1cccc(CN2CCC3CCCCC32)c1. The van der Waals surface area contributed by atoms with Gasteiger partial charge >= 0.3 is 0 Å². The zero-order chi connectivity index (χ0) is 13.2. The maximum Gasteiger partial charge on any atom is 0.103 e. The molecule has 0 amide bonds. The highest BCUT2D eigenvalue weighted by Gasteiger charge is 2.35. The van der Waals surface area contributed by atoms with Gasteiger partial charge in [-0.2, -0.15) is 0 Å². The van der Waals surface area contributed by atoms with Crippen LogP contribution in [-0.4, -0.2) is 22.5 Å². The molecule has 1 saturated carbocycles. The second-order valence-electron chi connectivity index (χ2n) is 5.94. The first-order valence-electron chi connectivity index (χ1n) is 7.37. The number of benzene rings is 1. The van der Waals surface area contributed by atoms with Gasteiger partial charge in [0.15, 0.2) is 0 Å². The van der Waals surface area contributed by atoms with E-state index in [-0.39, 0.29) is 0 Å². The minimum atomic E-state index is 0.499. The molecule has 1 heterocycles. The summed E-state index contributed by atoms with van der Waals surface area (Å²) in [6.07, 6.45) is 7.06. The molecule has 1 aliphatic heterocycles. The molecule has 2 fully saturated rings. The fourth-order valence-electron chi connectivity index (χ4n) is 3.76. The van der Waals surface area contributed by atoms with Gasteiger partial charge in [-0.05, 0) is 43.4 Å². The summed E-state index contributed by atoms with van der Waals surface area (Å²) in [4.78, 5) is 3.17. The first kappa shape index (κ1) is 13.1. The van der Waals surface area contributed by atoms with Crippen molar-refractivity contribution in [1.82, 2.24) is 4.90 Å². The van der Waals surface area contributed by atoms with E-state index in [0.29, 0.717) is 4.99 Å². The minimum absolute atomic E-state index is 0.499. The Morgan fingerprint density at radius 2 is 2.11 bits per heavy atom. The van der Waals surface area contributed by atoms with E-state index in [1.54, 1.807) is 0 Å². The first-order valence-corrected chi connectivity index (χ1v) is 7.77. The molecule has 102 valence electrons. The van der Waals surface area contributed by atoms with Gasteiger partial charge in [-0.3, -0.25) is 4.90 Å². The van der Waals surface area contributed by atoms with Crippen molar-refractivity contribution in [2.75, 3.05) is 6.54 Å². The van der Waals surface area contributed by atoms with Crippen molar-refractivity contribution in [2.45, 2.75) is 44.7 Å². The molecule has 0 spiro atoms. The zero-order valence-corrected chi connectivity index (χ0v) is 12.2. The number of nitrogens with two attached hydrogens (primary N) is 1. The van der Waals surface area contributed by atoms with Crippen LogP contribution in [0.5, 0.6) is 0 Å². The molecule has 0 aromatic heterocycles. The third-order valence-electron chi connectivity index (χ3n) is 4.72. The standard InChI is InChI=1S/C16H22N2S/c17-16(19)14-6-3-4-12(10-14)11-18-9-8-13-5-1-2-7-15(13)18/h3-4,6,10,13,15H,1-2,5,7-9,11H2,(H2,17,19). The van der Waals surface area contributed by atoms with E-state index in [1.807, 2.05) is 6.07 Å². The Kier molecular flexibility index (Phi) is 3.85. The largest absolute Gasteiger partial charge is 0.389 e. The van der Waals surface area contributed by atoms with E-state index in [1.165, 1.54) is 44.2 Å². The summed E-state index contributed by atoms with van der Waals surface area (Å²) in [6, 6.07) is 9.23. The number of thiocarbonyl (C=S) groups is 1. The van der Waals surface area contributed by atoms with E-state index in [4.69, 9.17) is 18.0 Å². The normalized spacial score (nSPS) is 27.2. The van der Waals surface area contributed by atoms with Crippen LogP contribution in [0, 0.1) is 5.92 Å². The summed E-state index contributed by atoms with van der Waals surface area (Å²) < 4.78 is 0. The lowest BCUT2D eigenvalue weighted by Gasteiger charge is -2.31. The van der Waals surface area contributed by atoms with E-state index < -0.39 is 0 Å². The molecule has 1 aromatic rings. The van der Waals surface area contributed by atoms with Crippen LogP contribution in [0.4, 0.5) is 0 Å².